The van der Waals surface area contributed by atoms with Gasteiger partial charge in [0.15, 0.2) is 0 Å². The Morgan fingerprint density at radius 1 is 1.11 bits per heavy atom. The van der Waals surface area contributed by atoms with Crippen LogP contribution in [0, 0.1) is 5.92 Å². The van der Waals surface area contributed by atoms with E-state index in [4.69, 9.17) is 14.2 Å². The number of methoxy groups -OCH3 is 2. The van der Waals surface area contributed by atoms with Crippen molar-refractivity contribution in [3.63, 3.8) is 0 Å². The van der Waals surface area contributed by atoms with Gasteiger partial charge in [0.2, 0.25) is 11.8 Å². The van der Waals surface area contributed by atoms with Crippen molar-refractivity contribution in [3.8, 4) is 0 Å². The summed E-state index contributed by atoms with van der Waals surface area (Å²) in [6.07, 6.45) is 7.62. The second-order valence-corrected chi connectivity index (χ2v) is 11.0. The molecule has 202 valence electrons. The Bertz CT molecular complexity index is 883. The van der Waals surface area contributed by atoms with Gasteiger partial charge in [-0.3, -0.25) is 9.59 Å². The second kappa shape index (κ2) is 11.2. The summed E-state index contributed by atoms with van der Waals surface area (Å²) in [7, 11) is 4.47. The minimum absolute atomic E-state index is 0.130. The molecule has 5 atom stereocenters. The van der Waals surface area contributed by atoms with Crippen LogP contribution in [0.3, 0.4) is 0 Å². The lowest BCUT2D eigenvalue weighted by Gasteiger charge is -2.34. The lowest BCUT2D eigenvalue weighted by Crippen LogP contribution is -2.57. The number of hydrogen-bond acceptors (Lipinski definition) is 7. The molecule has 10 heteroatoms. The molecule has 0 radical (unpaired) electrons. The number of nitrogens with zero attached hydrogens (tertiary/aromatic N) is 2. The third-order valence-corrected chi connectivity index (χ3v) is 7.34. The minimum atomic E-state index is -1.07. The van der Waals surface area contributed by atoms with E-state index in [2.05, 4.69) is 11.4 Å². The van der Waals surface area contributed by atoms with Crippen molar-refractivity contribution < 1.29 is 33.4 Å². The van der Waals surface area contributed by atoms with Crippen LogP contribution in [-0.4, -0.2) is 90.8 Å². The number of carbonyl (C=O) groups is 4. The van der Waals surface area contributed by atoms with E-state index in [0.717, 1.165) is 25.7 Å². The molecule has 2 fully saturated rings. The average molecular weight is 508 g/mol. The minimum Gasteiger partial charge on any atom is -0.467 e. The molecule has 1 saturated heterocycles. The van der Waals surface area contributed by atoms with E-state index in [9.17, 15) is 19.2 Å². The SMILES string of the molecule is COC(=O)C12CC1/C=C\CCCCCC(NC(=O)OC(C)(C)C)C(=O)N1CC(OC)CC1C(=O)N2C. The summed E-state index contributed by atoms with van der Waals surface area (Å²) in [6.45, 7) is 5.50. The Morgan fingerprint density at radius 2 is 1.83 bits per heavy atom. The van der Waals surface area contributed by atoms with Gasteiger partial charge in [-0.25, -0.2) is 9.59 Å². The molecule has 0 aromatic carbocycles. The van der Waals surface area contributed by atoms with Crippen molar-refractivity contribution in [2.45, 2.75) is 95.0 Å². The van der Waals surface area contributed by atoms with Gasteiger partial charge in [0.25, 0.3) is 0 Å². The summed E-state index contributed by atoms with van der Waals surface area (Å²) in [5.41, 5.74) is -1.78. The molecule has 3 aliphatic rings. The summed E-state index contributed by atoms with van der Waals surface area (Å²) in [4.78, 5) is 55.9. The summed E-state index contributed by atoms with van der Waals surface area (Å²) >= 11 is 0. The Morgan fingerprint density at radius 3 is 2.47 bits per heavy atom. The highest BCUT2D eigenvalue weighted by molar-refractivity contribution is 5.96. The molecule has 10 nitrogen and oxygen atoms in total. The van der Waals surface area contributed by atoms with E-state index in [0.29, 0.717) is 19.3 Å². The maximum atomic E-state index is 13.8. The van der Waals surface area contributed by atoms with Gasteiger partial charge in [0, 0.05) is 33.0 Å². The maximum Gasteiger partial charge on any atom is 0.408 e. The lowest BCUT2D eigenvalue weighted by molar-refractivity contribution is -0.157. The first-order chi connectivity index (χ1) is 16.9. The van der Waals surface area contributed by atoms with Gasteiger partial charge in [-0.2, -0.15) is 0 Å². The molecule has 1 aliphatic carbocycles. The average Bonchev–Trinajstić information content (AvgIpc) is 3.38. The third-order valence-electron chi connectivity index (χ3n) is 7.34. The number of likely N-dealkylation sites (N-methyl/N-ethyl adjacent to an activating group) is 1. The highest BCUT2D eigenvalue weighted by Crippen LogP contribution is 2.50. The van der Waals surface area contributed by atoms with E-state index >= 15 is 0 Å². The molecule has 2 heterocycles. The Labute approximate surface area is 213 Å². The van der Waals surface area contributed by atoms with Gasteiger partial charge < -0.3 is 29.3 Å². The van der Waals surface area contributed by atoms with Gasteiger partial charge in [-0.1, -0.05) is 25.0 Å². The van der Waals surface area contributed by atoms with E-state index in [1.54, 1.807) is 34.9 Å². The summed E-state index contributed by atoms with van der Waals surface area (Å²) in [5.74, 6) is -1.27. The molecule has 0 aromatic rings. The molecule has 0 aromatic heterocycles. The topological polar surface area (TPSA) is 114 Å². The molecule has 3 rings (SSSR count). The Kier molecular flexibility index (Phi) is 8.69. The largest absolute Gasteiger partial charge is 0.467 e. The quantitative estimate of drug-likeness (QED) is 0.461. The van der Waals surface area contributed by atoms with Crippen molar-refractivity contribution >= 4 is 23.9 Å². The maximum absolute atomic E-state index is 13.8. The second-order valence-electron chi connectivity index (χ2n) is 11.0. The van der Waals surface area contributed by atoms with E-state index in [-0.39, 0.29) is 30.4 Å². The van der Waals surface area contributed by atoms with Crippen molar-refractivity contribution in [2.24, 2.45) is 5.92 Å². The van der Waals surface area contributed by atoms with Crippen LogP contribution in [0.2, 0.25) is 0 Å². The first-order valence-electron chi connectivity index (χ1n) is 12.8. The number of amides is 3. The Hall–Kier alpha value is -2.62. The van der Waals surface area contributed by atoms with Crippen molar-refractivity contribution in [2.75, 3.05) is 27.8 Å². The highest BCUT2D eigenvalue weighted by Gasteiger charge is 2.65. The monoisotopic (exact) mass is 507 g/mol. The molecule has 1 saturated carbocycles. The van der Waals surface area contributed by atoms with Gasteiger partial charge in [0.05, 0.1) is 13.2 Å². The Balaban J connectivity index is 1.91. The predicted octanol–water partition coefficient (Wildman–Crippen LogP) is 2.41. The van der Waals surface area contributed by atoms with Crippen molar-refractivity contribution in [3.05, 3.63) is 12.2 Å². The molecule has 36 heavy (non-hydrogen) atoms. The number of carbonyl (C=O) groups excluding carboxylic acids is 4. The number of rotatable bonds is 3. The highest BCUT2D eigenvalue weighted by atomic mass is 16.6. The number of nitrogens with one attached hydrogen (secondary N) is 1. The molecule has 2 aliphatic heterocycles. The van der Waals surface area contributed by atoms with Crippen LogP contribution in [0.25, 0.3) is 0 Å². The van der Waals surface area contributed by atoms with Gasteiger partial charge in [0.1, 0.15) is 23.2 Å². The zero-order chi connectivity index (χ0) is 26.7. The van der Waals surface area contributed by atoms with Crippen molar-refractivity contribution in [1.82, 2.24) is 15.1 Å². The molecule has 0 bridgehead atoms. The summed E-state index contributed by atoms with van der Waals surface area (Å²) < 4.78 is 16.0. The van der Waals surface area contributed by atoms with Gasteiger partial charge in [-0.15, -0.1) is 0 Å². The van der Waals surface area contributed by atoms with Crippen LogP contribution in [-0.2, 0) is 28.6 Å². The molecule has 3 amide bonds. The zero-order valence-corrected chi connectivity index (χ0v) is 22.4. The standard InChI is InChI=1S/C26H41N3O7/c1-25(2,3)36-24(33)27-19-13-11-9-7-8-10-12-17-15-26(17,23(32)35-6)28(4)22(31)20-14-18(34-5)16-29(20)21(19)30/h10,12,17-20H,7-9,11,13-16H2,1-6H3,(H,27,33)/b12-10-. The van der Waals surface area contributed by atoms with Crippen LogP contribution < -0.4 is 5.32 Å². The number of ether oxygens (including phenoxy) is 3. The number of fused-ring (bicyclic) bond motifs is 2. The fourth-order valence-electron chi connectivity index (χ4n) is 5.26. The van der Waals surface area contributed by atoms with Crippen LogP contribution in [0.5, 0.6) is 0 Å². The zero-order valence-electron chi connectivity index (χ0n) is 22.4. The number of allylic oxidation sites excluding steroid dienone is 1. The summed E-state index contributed by atoms with van der Waals surface area (Å²) in [6, 6.07) is -1.65. The fraction of sp³-hybridized carbons (Fsp3) is 0.769. The number of esters is 1. The van der Waals surface area contributed by atoms with Gasteiger partial charge in [-0.05, 0) is 46.5 Å². The molecule has 1 N–H and O–H groups in total. The van der Waals surface area contributed by atoms with Gasteiger partial charge >= 0.3 is 12.1 Å². The lowest BCUT2D eigenvalue weighted by atomic mass is 10.0. The van der Waals surface area contributed by atoms with Crippen LogP contribution in [0.15, 0.2) is 12.2 Å². The van der Waals surface area contributed by atoms with Crippen molar-refractivity contribution in [1.29, 1.82) is 0 Å². The number of alkyl carbamates (subject to hydrolysis) is 1. The van der Waals surface area contributed by atoms with E-state index < -0.39 is 35.3 Å². The van der Waals surface area contributed by atoms with Crippen LogP contribution >= 0.6 is 0 Å². The van der Waals surface area contributed by atoms with Crippen LogP contribution in [0.1, 0.15) is 65.7 Å². The fourth-order valence-corrected chi connectivity index (χ4v) is 5.26. The predicted molar refractivity (Wildman–Crippen MR) is 132 cm³/mol. The number of hydrogen-bond donors (Lipinski definition) is 1. The summed E-state index contributed by atoms with van der Waals surface area (Å²) in [5, 5.41) is 2.73. The third kappa shape index (κ3) is 6.02. The molecular weight excluding hydrogens is 466 g/mol. The first kappa shape index (κ1) is 28.0. The first-order valence-corrected chi connectivity index (χ1v) is 12.8. The van der Waals surface area contributed by atoms with E-state index in [1.807, 2.05) is 6.08 Å². The normalized spacial score (nSPS) is 32.5. The molecule has 0 spiro atoms. The molecule has 5 unspecified atom stereocenters. The smallest absolute Gasteiger partial charge is 0.408 e. The van der Waals surface area contributed by atoms with E-state index in [1.165, 1.54) is 16.9 Å². The van der Waals surface area contributed by atoms with Crippen LogP contribution in [0.4, 0.5) is 4.79 Å². The molecular formula is C26H41N3O7.